The highest BCUT2D eigenvalue weighted by Crippen LogP contribution is 2.36. The van der Waals surface area contributed by atoms with E-state index in [1.165, 1.54) is 0 Å². The molecular formula is C20H13O2-. The SMILES string of the molecule is Cc1ccc2c(c1)C([O-])=C(c1ccc3ccccc3c1)C2=O. The third-order valence-corrected chi connectivity index (χ3v) is 4.16. The summed E-state index contributed by atoms with van der Waals surface area (Å²) in [6.07, 6.45) is 0. The Kier molecular flexibility index (Phi) is 2.67. The fourth-order valence-corrected chi connectivity index (χ4v) is 3.02. The van der Waals surface area contributed by atoms with E-state index in [-0.39, 0.29) is 17.1 Å². The molecule has 0 N–H and O–H groups in total. The fourth-order valence-electron chi connectivity index (χ4n) is 3.02. The van der Waals surface area contributed by atoms with Crippen molar-refractivity contribution in [3.63, 3.8) is 0 Å². The Morgan fingerprint density at radius 1 is 0.818 bits per heavy atom. The molecule has 0 aromatic heterocycles. The molecule has 106 valence electrons. The second-order valence-electron chi connectivity index (χ2n) is 5.64. The predicted molar refractivity (Wildman–Crippen MR) is 86.3 cm³/mol. The van der Waals surface area contributed by atoms with Crippen LogP contribution >= 0.6 is 0 Å². The van der Waals surface area contributed by atoms with E-state index in [4.69, 9.17) is 0 Å². The number of fused-ring (bicyclic) bond motifs is 2. The molecule has 0 bridgehead atoms. The van der Waals surface area contributed by atoms with Gasteiger partial charge in [-0.25, -0.2) is 0 Å². The van der Waals surface area contributed by atoms with Gasteiger partial charge in [0.2, 0.25) is 0 Å². The van der Waals surface area contributed by atoms with Gasteiger partial charge in [-0.2, -0.15) is 0 Å². The van der Waals surface area contributed by atoms with Gasteiger partial charge in [0.25, 0.3) is 0 Å². The lowest BCUT2D eigenvalue weighted by Crippen LogP contribution is -2.03. The number of carbonyl (C=O) groups excluding carboxylic acids is 1. The van der Waals surface area contributed by atoms with Gasteiger partial charge in [-0.3, -0.25) is 4.79 Å². The van der Waals surface area contributed by atoms with E-state index >= 15 is 0 Å². The highest BCUT2D eigenvalue weighted by molar-refractivity contribution is 6.38. The Morgan fingerprint density at radius 3 is 2.41 bits per heavy atom. The Bertz CT molecular complexity index is 964. The minimum Gasteiger partial charge on any atom is -0.872 e. The van der Waals surface area contributed by atoms with Crippen LogP contribution in [0, 0.1) is 6.92 Å². The number of aryl methyl sites for hydroxylation is 1. The summed E-state index contributed by atoms with van der Waals surface area (Å²) in [6.45, 7) is 1.92. The van der Waals surface area contributed by atoms with Gasteiger partial charge in [0.05, 0.1) is 0 Å². The molecule has 0 heterocycles. The summed E-state index contributed by atoms with van der Waals surface area (Å²) >= 11 is 0. The van der Waals surface area contributed by atoms with Crippen molar-refractivity contribution in [3.8, 4) is 0 Å². The van der Waals surface area contributed by atoms with Crippen LogP contribution in [0.1, 0.15) is 27.0 Å². The quantitative estimate of drug-likeness (QED) is 0.685. The van der Waals surface area contributed by atoms with E-state index in [9.17, 15) is 9.90 Å². The summed E-state index contributed by atoms with van der Waals surface area (Å²) in [4.78, 5) is 12.6. The lowest BCUT2D eigenvalue weighted by atomic mass is 9.99. The molecule has 0 fully saturated rings. The summed E-state index contributed by atoms with van der Waals surface area (Å²) in [5.41, 5.74) is 3.00. The van der Waals surface area contributed by atoms with Crippen molar-refractivity contribution in [2.75, 3.05) is 0 Å². The van der Waals surface area contributed by atoms with Gasteiger partial charge in [-0.15, -0.1) is 0 Å². The van der Waals surface area contributed by atoms with Crippen molar-refractivity contribution >= 4 is 27.9 Å². The molecule has 3 aromatic rings. The monoisotopic (exact) mass is 285 g/mol. The topological polar surface area (TPSA) is 40.1 Å². The average molecular weight is 285 g/mol. The molecule has 0 radical (unpaired) electrons. The smallest absolute Gasteiger partial charge is 0.193 e. The largest absolute Gasteiger partial charge is 0.872 e. The fraction of sp³-hybridized carbons (Fsp3) is 0.0500. The lowest BCUT2D eigenvalue weighted by Gasteiger charge is -2.12. The molecule has 0 saturated carbocycles. The maximum atomic E-state index is 12.6. The number of benzene rings is 3. The Hall–Kier alpha value is -2.87. The lowest BCUT2D eigenvalue weighted by molar-refractivity contribution is -0.242. The van der Waals surface area contributed by atoms with Gasteiger partial charge in [0.15, 0.2) is 5.78 Å². The zero-order valence-electron chi connectivity index (χ0n) is 12.1. The van der Waals surface area contributed by atoms with E-state index in [1.807, 2.05) is 55.5 Å². The Labute approximate surface area is 128 Å². The summed E-state index contributed by atoms with van der Waals surface area (Å²) in [7, 11) is 0. The molecule has 1 aliphatic carbocycles. The summed E-state index contributed by atoms with van der Waals surface area (Å²) in [5, 5.41) is 14.8. The normalized spacial score (nSPS) is 13.8. The molecule has 0 spiro atoms. The van der Waals surface area contributed by atoms with Gasteiger partial charge >= 0.3 is 0 Å². The van der Waals surface area contributed by atoms with Gasteiger partial charge in [-0.05, 0) is 34.9 Å². The first-order chi connectivity index (χ1) is 10.6. The zero-order valence-corrected chi connectivity index (χ0v) is 12.1. The van der Waals surface area contributed by atoms with Crippen LogP contribution in [-0.2, 0) is 0 Å². The van der Waals surface area contributed by atoms with Crippen molar-refractivity contribution in [1.29, 1.82) is 0 Å². The number of allylic oxidation sites excluding steroid dienone is 1. The Morgan fingerprint density at radius 2 is 1.59 bits per heavy atom. The molecular weight excluding hydrogens is 272 g/mol. The summed E-state index contributed by atoms with van der Waals surface area (Å²) < 4.78 is 0. The number of carbonyl (C=O) groups is 1. The standard InChI is InChI=1S/C20H14O2/c1-12-6-9-16-17(10-12)20(22)18(19(16)21)15-8-7-13-4-2-3-5-14(13)11-15/h2-11,22H,1H3/p-1. The predicted octanol–water partition coefficient (Wildman–Crippen LogP) is 3.57. The van der Waals surface area contributed by atoms with Crippen LogP contribution in [-0.4, -0.2) is 5.78 Å². The first-order valence-electron chi connectivity index (χ1n) is 7.21. The maximum absolute atomic E-state index is 12.6. The van der Waals surface area contributed by atoms with E-state index in [2.05, 4.69) is 0 Å². The highest BCUT2D eigenvalue weighted by atomic mass is 16.3. The molecule has 1 aliphatic rings. The molecule has 22 heavy (non-hydrogen) atoms. The van der Waals surface area contributed by atoms with E-state index in [0.717, 1.165) is 16.3 Å². The van der Waals surface area contributed by atoms with Gasteiger partial charge in [0, 0.05) is 11.1 Å². The number of hydrogen-bond acceptors (Lipinski definition) is 2. The Balaban J connectivity index is 1.93. The average Bonchev–Trinajstić information content (AvgIpc) is 2.78. The van der Waals surface area contributed by atoms with Crippen LogP contribution in [0.3, 0.4) is 0 Å². The van der Waals surface area contributed by atoms with Crippen LogP contribution in [0.15, 0.2) is 60.7 Å². The van der Waals surface area contributed by atoms with Crippen molar-refractivity contribution in [2.24, 2.45) is 0 Å². The van der Waals surface area contributed by atoms with Crippen LogP contribution < -0.4 is 5.11 Å². The van der Waals surface area contributed by atoms with Crippen LogP contribution in [0.5, 0.6) is 0 Å². The maximum Gasteiger partial charge on any atom is 0.193 e. The van der Waals surface area contributed by atoms with E-state index in [0.29, 0.717) is 16.7 Å². The van der Waals surface area contributed by atoms with Crippen molar-refractivity contribution in [1.82, 2.24) is 0 Å². The molecule has 0 atom stereocenters. The molecule has 0 saturated heterocycles. The molecule has 2 nitrogen and oxygen atoms in total. The van der Waals surface area contributed by atoms with E-state index in [1.54, 1.807) is 12.1 Å². The minimum atomic E-state index is -0.171. The number of ketones is 1. The van der Waals surface area contributed by atoms with Gasteiger partial charge in [-0.1, -0.05) is 65.9 Å². The third kappa shape index (κ3) is 1.77. The first-order valence-corrected chi connectivity index (χ1v) is 7.21. The van der Waals surface area contributed by atoms with Gasteiger partial charge < -0.3 is 5.11 Å². The molecule has 3 aromatic carbocycles. The summed E-state index contributed by atoms with van der Waals surface area (Å²) in [5.74, 6) is -0.339. The number of Topliss-reactive ketones (excluding diaryl/α,β-unsaturated/α-hetero) is 1. The number of rotatable bonds is 1. The molecule has 2 heteroatoms. The second-order valence-corrected chi connectivity index (χ2v) is 5.64. The second kappa shape index (κ2) is 4.57. The van der Waals surface area contributed by atoms with Crippen molar-refractivity contribution in [3.05, 3.63) is 82.9 Å². The molecule has 4 rings (SSSR count). The first kappa shape index (κ1) is 12.8. The molecule has 0 amide bonds. The molecule has 0 unspecified atom stereocenters. The van der Waals surface area contributed by atoms with E-state index < -0.39 is 0 Å². The van der Waals surface area contributed by atoms with Gasteiger partial charge in [0.1, 0.15) is 0 Å². The molecule has 0 aliphatic heterocycles. The number of hydrogen-bond donors (Lipinski definition) is 0. The van der Waals surface area contributed by atoms with Crippen LogP contribution in [0.4, 0.5) is 0 Å². The zero-order chi connectivity index (χ0) is 15.3. The van der Waals surface area contributed by atoms with Crippen LogP contribution in [0.2, 0.25) is 0 Å². The third-order valence-electron chi connectivity index (χ3n) is 4.16. The van der Waals surface area contributed by atoms with Crippen LogP contribution in [0.25, 0.3) is 22.1 Å². The summed E-state index contributed by atoms with van der Waals surface area (Å²) in [6, 6.07) is 19.1. The highest BCUT2D eigenvalue weighted by Gasteiger charge is 2.25. The van der Waals surface area contributed by atoms with Crippen molar-refractivity contribution < 1.29 is 9.90 Å². The minimum absolute atomic E-state index is 0.168. The van der Waals surface area contributed by atoms with Crippen molar-refractivity contribution in [2.45, 2.75) is 6.92 Å².